The van der Waals surface area contributed by atoms with Crippen LogP contribution >= 0.6 is 23.2 Å². The van der Waals surface area contributed by atoms with Crippen molar-refractivity contribution in [2.45, 2.75) is 31.0 Å². The average Bonchev–Trinajstić information content (AvgIpc) is 3.55. The van der Waals surface area contributed by atoms with Crippen molar-refractivity contribution in [1.29, 1.82) is 0 Å². The minimum atomic E-state index is -0.742. The van der Waals surface area contributed by atoms with Crippen molar-refractivity contribution in [3.63, 3.8) is 0 Å². The van der Waals surface area contributed by atoms with Crippen molar-refractivity contribution in [3.05, 3.63) is 59.7 Å². The summed E-state index contributed by atoms with van der Waals surface area (Å²) in [4.78, 5) is 64.2. The summed E-state index contributed by atoms with van der Waals surface area (Å²) in [7, 11) is 0. The van der Waals surface area contributed by atoms with E-state index in [1.807, 2.05) is 13.8 Å². The quantitative estimate of drug-likeness (QED) is 0.279. The van der Waals surface area contributed by atoms with E-state index in [-0.39, 0.29) is 45.9 Å². The summed E-state index contributed by atoms with van der Waals surface area (Å²) >= 11 is 12.8. The van der Waals surface area contributed by atoms with Crippen LogP contribution < -0.4 is 10.2 Å². The summed E-state index contributed by atoms with van der Waals surface area (Å²) in [5, 5.41) is 1.92. The molecule has 210 valence electrons. The molecule has 2 saturated carbocycles. The van der Waals surface area contributed by atoms with Gasteiger partial charge in [-0.1, -0.05) is 13.8 Å². The molecule has 2 aliphatic carbocycles. The molecule has 2 aromatic carbocycles. The van der Waals surface area contributed by atoms with Crippen molar-refractivity contribution >= 4 is 64.2 Å². The van der Waals surface area contributed by atoms with Gasteiger partial charge >= 0.3 is 11.9 Å². The number of nitrogens with zero attached hydrogens (tertiary/aromatic N) is 1. The monoisotopic (exact) mass is 586 g/mol. The lowest BCUT2D eigenvalue weighted by atomic mass is 9.80. The van der Waals surface area contributed by atoms with E-state index < -0.39 is 36.3 Å². The summed E-state index contributed by atoms with van der Waals surface area (Å²) < 4.78 is 10.3. The Bertz CT molecular complexity index is 1310. The van der Waals surface area contributed by atoms with E-state index in [4.69, 9.17) is 32.7 Å². The zero-order valence-electron chi connectivity index (χ0n) is 21.8. The topological polar surface area (TPSA) is 119 Å². The van der Waals surface area contributed by atoms with Gasteiger partial charge in [-0.25, -0.2) is 9.59 Å². The predicted molar refractivity (Wildman–Crippen MR) is 147 cm³/mol. The molecule has 1 aliphatic heterocycles. The molecule has 2 aromatic rings. The van der Waals surface area contributed by atoms with E-state index in [0.29, 0.717) is 30.0 Å². The van der Waals surface area contributed by atoms with Crippen LogP contribution in [-0.4, -0.2) is 53.6 Å². The fraction of sp³-hybridized carbons (Fsp3) is 0.414. The Labute approximate surface area is 241 Å². The van der Waals surface area contributed by atoms with Gasteiger partial charge in [-0.15, -0.1) is 23.2 Å². The number of hydrogen-bond acceptors (Lipinski definition) is 7. The zero-order valence-corrected chi connectivity index (χ0v) is 23.4. The fourth-order valence-corrected chi connectivity index (χ4v) is 6.67. The Morgan fingerprint density at radius 2 is 1.35 bits per heavy atom. The van der Waals surface area contributed by atoms with Gasteiger partial charge in [-0.2, -0.15) is 0 Å². The molecule has 40 heavy (non-hydrogen) atoms. The molecule has 9 nitrogen and oxygen atoms in total. The normalized spacial score (nSPS) is 26.7. The number of rotatable bonds is 8. The molecule has 0 aromatic heterocycles. The van der Waals surface area contributed by atoms with E-state index >= 15 is 0 Å². The third-order valence-electron chi connectivity index (χ3n) is 7.63. The van der Waals surface area contributed by atoms with Crippen molar-refractivity contribution < 1.29 is 33.4 Å². The van der Waals surface area contributed by atoms with Crippen molar-refractivity contribution in [2.75, 3.05) is 23.4 Å². The van der Waals surface area contributed by atoms with Crippen LogP contribution in [0.4, 0.5) is 11.4 Å². The van der Waals surface area contributed by atoms with E-state index in [2.05, 4.69) is 5.32 Å². The number of alkyl halides is 2. The third-order valence-corrected chi connectivity index (χ3v) is 8.95. The van der Waals surface area contributed by atoms with Crippen molar-refractivity contribution in [3.8, 4) is 0 Å². The maximum absolute atomic E-state index is 13.1. The van der Waals surface area contributed by atoms with Crippen LogP contribution in [0.2, 0.25) is 0 Å². The number of halogens is 2. The molecule has 3 fully saturated rings. The van der Waals surface area contributed by atoms with Crippen LogP contribution in [0.1, 0.15) is 41.0 Å². The number of fused-ring (bicyclic) bond motifs is 5. The second-order valence-electron chi connectivity index (χ2n) is 10.8. The zero-order chi connectivity index (χ0) is 28.7. The first-order valence-corrected chi connectivity index (χ1v) is 13.9. The number of hydrogen-bond donors (Lipinski definition) is 1. The van der Waals surface area contributed by atoms with Crippen LogP contribution in [0.3, 0.4) is 0 Å². The van der Waals surface area contributed by atoms with E-state index in [9.17, 15) is 24.0 Å². The predicted octanol–water partition coefficient (Wildman–Crippen LogP) is 4.27. The second-order valence-corrected chi connectivity index (χ2v) is 11.8. The Hall–Kier alpha value is -3.43. The highest BCUT2D eigenvalue weighted by Crippen LogP contribution is 2.59. The summed E-state index contributed by atoms with van der Waals surface area (Å²) in [5.74, 6) is -3.29. The number of anilines is 2. The Balaban J connectivity index is 1.13. The Morgan fingerprint density at radius 1 is 0.850 bits per heavy atom. The van der Waals surface area contributed by atoms with Crippen LogP contribution in [-0.2, 0) is 23.9 Å². The van der Waals surface area contributed by atoms with Gasteiger partial charge in [0.05, 0.1) is 46.0 Å². The number of benzene rings is 2. The van der Waals surface area contributed by atoms with Gasteiger partial charge in [0.15, 0.2) is 6.61 Å². The number of esters is 2. The number of imide groups is 1. The van der Waals surface area contributed by atoms with Crippen molar-refractivity contribution in [2.24, 2.45) is 29.6 Å². The molecule has 3 aliphatic rings. The fourth-order valence-electron chi connectivity index (χ4n) is 5.78. The minimum absolute atomic E-state index is 0.120. The standard InChI is InChI=1S/C29H28Cl2N2O7/c1-14(2)12-39-28(37)15-3-7-17(8-4-15)32-21(34)13-40-29(38)16-5-9-18(10-6-16)33-26(35)22-19-11-20(23(22)27(33)36)25(31)24(19)30/h3-10,14,19-20,22-25H,11-13H2,1-2H3,(H,32,34)/t19-,20-,22-,23+,24-,25+/m1/s1. The van der Waals surface area contributed by atoms with Crippen molar-refractivity contribution in [1.82, 2.24) is 0 Å². The lowest BCUT2D eigenvalue weighted by Gasteiger charge is -2.28. The first kappa shape index (κ1) is 28.1. The molecule has 0 unspecified atom stereocenters. The summed E-state index contributed by atoms with van der Waals surface area (Å²) in [6.45, 7) is 3.65. The van der Waals surface area contributed by atoms with Gasteiger partial charge < -0.3 is 14.8 Å². The molecular formula is C29H28Cl2N2O7. The van der Waals surface area contributed by atoms with Gasteiger partial charge in [0.1, 0.15) is 0 Å². The third kappa shape index (κ3) is 5.20. The number of ether oxygens (including phenoxy) is 2. The van der Waals surface area contributed by atoms with E-state index in [1.165, 1.54) is 36.4 Å². The molecule has 1 heterocycles. The largest absolute Gasteiger partial charge is 0.462 e. The number of nitrogens with one attached hydrogen (secondary N) is 1. The van der Waals surface area contributed by atoms with Gasteiger partial charge in [-0.05, 0) is 72.7 Å². The van der Waals surface area contributed by atoms with E-state index in [1.54, 1.807) is 12.1 Å². The van der Waals surface area contributed by atoms with Crippen LogP contribution in [0, 0.1) is 29.6 Å². The lowest BCUT2D eigenvalue weighted by Crippen LogP contribution is -2.37. The van der Waals surface area contributed by atoms with Gasteiger partial charge in [0, 0.05) is 5.69 Å². The number of amides is 3. The molecule has 11 heteroatoms. The van der Waals surface area contributed by atoms with Gasteiger partial charge in [0.25, 0.3) is 5.91 Å². The Morgan fingerprint density at radius 3 is 1.88 bits per heavy atom. The lowest BCUT2D eigenvalue weighted by molar-refractivity contribution is -0.123. The smallest absolute Gasteiger partial charge is 0.338 e. The molecule has 1 N–H and O–H groups in total. The maximum Gasteiger partial charge on any atom is 0.338 e. The molecule has 3 amide bonds. The van der Waals surface area contributed by atoms with Crippen LogP contribution in [0.15, 0.2) is 48.5 Å². The summed E-state index contributed by atoms with van der Waals surface area (Å²) in [6, 6.07) is 12.0. The number of carbonyl (C=O) groups is 5. The van der Waals surface area contributed by atoms with Crippen LogP contribution in [0.25, 0.3) is 0 Å². The molecule has 1 saturated heterocycles. The van der Waals surface area contributed by atoms with Gasteiger partial charge in [0.2, 0.25) is 11.8 Å². The highest BCUT2D eigenvalue weighted by molar-refractivity contribution is 6.32. The SMILES string of the molecule is CC(C)COC(=O)c1ccc(NC(=O)COC(=O)c2ccc(N3C(=O)[C@@H]4[C@H]5C[C@@H]([C@H](Cl)[C@@H]5Cl)[C@@H]4C3=O)cc2)cc1. The second kappa shape index (κ2) is 11.2. The van der Waals surface area contributed by atoms with Crippen LogP contribution in [0.5, 0.6) is 0 Å². The summed E-state index contributed by atoms with van der Waals surface area (Å²) in [5.41, 5.74) is 1.28. The summed E-state index contributed by atoms with van der Waals surface area (Å²) in [6.07, 6.45) is 0.680. The Kier molecular flexibility index (Phi) is 7.88. The molecular weight excluding hydrogens is 559 g/mol. The maximum atomic E-state index is 13.1. The molecule has 6 atom stereocenters. The van der Waals surface area contributed by atoms with Gasteiger partial charge in [-0.3, -0.25) is 19.3 Å². The minimum Gasteiger partial charge on any atom is -0.462 e. The first-order chi connectivity index (χ1) is 19.1. The molecule has 0 spiro atoms. The molecule has 0 radical (unpaired) electrons. The molecule has 2 bridgehead atoms. The highest BCUT2D eigenvalue weighted by Gasteiger charge is 2.66. The number of carbonyl (C=O) groups excluding carboxylic acids is 5. The van der Waals surface area contributed by atoms with E-state index in [0.717, 1.165) is 4.90 Å². The highest BCUT2D eigenvalue weighted by atomic mass is 35.5. The first-order valence-electron chi connectivity index (χ1n) is 13.1. The average molecular weight is 587 g/mol. The molecule has 5 rings (SSSR count).